The minimum Gasteiger partial charge on any atom is -0.483 e. The van der Waals surface area contributed by atoms with Gasteiger partial charge in [-0.25, -0.2) is 0 Å². The molecule has 10 heteroatoms. The van der Waals surface area contributed by atoms with Gasteiger partial charge in [-0.3, -0.25) is 14.8 Å². The summed E-state index contributed by atoms with van der Waals surface area (Å²) in [6, 6.07) is 8.11. The highest BCUT2D eigenvalue weighted by Gasteiger charge is 2.20. The van der Waals surface area contributed by atoms with Crippen LogP contribution in [-0.2, 0) is 17.8 Å². The molecule has 0 fully saturated rings. The van der Waals surface area contributed by atoms with Gasteiger partial charge in [0.15, 0.2) is 17.1 Å². The number of rotatable bonds is 8. The fourth-order valence-corrected chi connectivity index (χ4v) is 3.80. The van der Waals surface area contributed by atoms with E-state index in [2.05, 4.69) is 48.2 Å². The molecular weight excluding hydrogens is 404 g/mol. The Morgan fingerprint density at radius 2 is 1.93 bits per heavy atom. The zero-order valence-electron chi connectivity index (χ0n) is 17.8. The van der Waals surface area contributed by atoms with Gasteiger partial charge in [0.05, 0.1) is 10.8 Å². The van der Waals surface area contributed by atoms with Gasteiger partial charge in [0.1, 0.15) is 18.1 Å². The molecule has 0 aliphatic rings. The smallest absolute Gasteiger partial charge is 0.307 e. The molecule has 9 nitrogen and oxygen atoms in total. The van der Waals surface area contributed by atoms with Crippen molar-refractivity contribution in [2.45, 2.75) is 63.7 Å². The fraction of sp³-hybridized carbons (Fsp3) is 0.450. The van der Waals surface area contributed by atoms with Crippen molar-refractivity contribution in [2.24, 2.45) is 0 Å². The Kier molecular flexibility index (Phi) is 6.45. The molecule has 160 valence electrons. The van der Waals surface area contributed by atoms with Crippen LogP contribution in [0.25, 0.3) is 0 Å². The third kappa shape index (κ3) is 4.99. The highest BCUT2D eigenvalue weighted by Crippen LogP contribution is 2.28. The van der Waals surface area contributed by atoms with Crippen molar-refractivity contribution >= 4 is 17.4 Å². The quantitative estimate of drug-likeness (QED) is 0.293. The van der Waals surface area contributed by atoms with Gasteiger partial charge in [0.25, 0.3) is 0 Å². The van der Waals surface area contributed by atoms with Gasteiger partial charge >= 0.3 is 5.69 Å². The van der Waals surface area contributed by atoms with E-state index in [1.54, 1.807) is 0 Å². The van der Waals surface area contributed by atoms with Gasteiger partial charge in [0, 0.05) is 6.54 Å². The maximum Gasteiger partial charge on any atom is 0.307 e. The molecule has 3 rings (SSSR count). The molecule has 2 aromatic heterocycles. The number of nitrogens with zero attached hydrogens (tertiary/aromatic N) is 6. The monoisotopic (exact) mass is 430 g/mol. The Balaban J connectivity index is 1.68. The molecule has 1 atom stereocenters. The number of nitro groups is 1. The van der Waals surface area contributed by atoms with Crippen LogP contribution in [0.5, 0.6) is 5.75 Å². The van der Waals surface area contributed by atoms with E-state index in [0.29, 0.717) is 17.6 Å². The van der Waals surface area contributed by atoms with Crippen LogP contribution in [-0.4, -0.2) is 29.5 Å². The van der Waals surface area contributed by atoms with Crippen LogP contribution in [0.1, 0.15) is 52.1 Å². The fourth-order valence-electron chi connectivity index (χ4n) is 2.94. The van der Waals surface area contributed by atoms with Crippen molar-refractivity contribution in [3.8, 4) is 5.75 Å². The molecule has 0 N–H and O–H groups in total. The molecule has 0 saturated heterocycles. The minimum atomic E-state index is -0.464. The molecule has 2 heterocycles. The van der Waals surface area contributed by atoms with Crippen LogP contribution < -0.4 is 4.74 Å². The third-order valence-electron chi connectivity index (χ3n) is 4.61. The Morgan fingerprint density at radius 1 is 1.23 bits per heavy atom. The first-order chi connectivity index (χ1) is 14.2. The topological polar surface area (TPSA) is 101 Å². The Morgan fingerprint density at radius 3 is 2.50 bits per heavy atom. The highest BCUT2D eigenvalue weighted by molar-refractivity contribution is 7.98. The maximum atomic E-state index is 10.8. The van der Waals surface area contributed by atoms with Crippen LogP contribution in [0.15, 0.2) is 41.8 Å². The van der Waals surface area contributed by atoms with Crippen molar-refractivity contribution in [3.63, 3.8) is 0 Å². The van der Waals surface area contributed by atoms with E-state index in [9.17, 15) is 10.1 Å². The summed E-state index contributed by atoms with van der Waals surface area (Å²) in [7, 11) is 0. The van der Waals surface area contributed by atoms with E-state index in [1.165, 1.54) is 34.4 Å². The van der Waals surface area contributed by atoms with Gasteiger partial charge < -0.3 is 9.30 Å². The summed E-state index contributed by atoms with van der Waals surface area (Å²) in [6.07, 6.45) is 2.35. The molecule has 0 saturated carbocycles. The average Bonchev–Trinajstić information content (AvgIpc) is 3.32. The first-order valence-electron chi connectivity index (χ1n) is 9.69. The highest BCUT2D eigenvalue weighted by atomic mass is 32.2. The van der Waals surface area contributed by atoms with E-state index in [-0.39, 0.29) is 17.2 Å². The van der Waals surface area contributed by atoms with Crippen molar-refractivity contribution in [2.75, 3.05) is 0 Å². The van der Waals surface area contributed by atoms with Crippen LogP contribution in [0.4, 0.5) is 5.69 Å². The summed E-state index contributed by atoms with van der Waals surface area (Å²) in [5, 5.41) is 24.1. The molecule has 0 spiro atoms. The van der Waals surface area contributed by atoms with E-state index in [1.807, 2.05) is 30.5 Å². The second kappa shape index (κ2) is 8.86. The largest absolute Gasteiger partial charge is 0.483 e. The van der Waals surface area contributed by atoms with Gasteiger partial charge in [-0.2, -0.15) is 5.10 Å². The molecule has 0 aliphatic heterocycles. The molecule has 0 bridgehead atoms. The zero-order chi connectivity index (χ0) is 21.9. The van der Waals surface area contributed by atoms with E-state index < -0.39 is 4.92 Å². The third-order valence-corrected chi connectivity index (χ3v) is 5.57. The lowest BCUT2D eigenvalue weighted by Gasteiger charge is -2.20. The number of aromatic nitrogens is 5. The van der Waals surface area contributed by atoms with Crippen molar-refractivity contribution < 1.29 is 9.66 Å². The second-order valence-corrected chi connectivity index (χ2v) is 8.80. The predicted molar refractivity (Wildman–Crippen MR) is 115 cm³/mol. The van der Waals surface area contributed by atoms with Crippen molar-refractivity contribution in [3.05, 3.63) is 58.2 Å². The van der Waals surface area contributed by atoms with E-state index in [4.69, 9.17) is 4.74 Å². The van der Waals surface area contributed by atoms with E-state index in [0.717, 1.165) is 11.6 Å². The standard InChI is InChI=1S/C20H26N6O3S/c1-6-25-18(14(2)29-17-9-7-15(8-10-17)20(3,4)5)22-23-19(25)30-13-24-12-16(11-21-24)26(27)28/h7-12,14H,6,13H2,1-5H3. The first-order valence-corrected chi connectivity index (χ1v) is 10.7. The van der Waals surface area contributed by atoms with Gasteiger partial charge in [-0.15, -0.1) is 10.2 Å². The van der Waals surface area contributed by atoms with Gasteiger partial charge in [-0.1, -0.05) is 44.7 Å². The number of benzene rings is 1. The molecule has 30 heavy (non-hydrogen) atoms. The van der Waals surface area contributed by atoms with Crippen LogP contribution in [0, 0.1) is 10.1 Å². The molecule has 1 aromatic carbocycles. The Bertz CT molecular complexity index is 1010. The normalized spacial score (nSPS) is 12.7. The number of ether oxygens (including phenoxy) is 1. The predicted octanol–water partition coefficient (Wildman–Crippen LogP) is 4.59. The second-order valence-electron chi connectivity index (χ2n) is 7.89. The lowest BCUT2D eigenvalue weighted by Crippen LogP contribution is -2.13. The lowest BCUT2D eigenvalue weighted by atomic mass is 9.87. The SMILES string of the molecule is CCn1c(SCn2cc([N+](=O)[O-])cn2)nnc1C(C)Oc1ccc(C(C)(C)C)cc1. The summed E-state index contributed by atoms with van der Waals surface area (Å²) in [4.78, 5) is 10.3. The lowest BCUT2D eigenvalue weighted by molar-refractivity contribution is -0.385. The van der Waals surface area contributed by atoms with Gasteiger partial charge in [0.2, 0.25) is 0 Å². The summed E-state index contributed by atoms with van der Waals surface area (Å²) in [6.45, 7) is 11.2. The summed E-state index contributed by atoms with van der Waals surface area (Å²) < 4.78 is 9.58. The van der Waals surface area contributed by atoms with Crippen LogP contribution in [0.2, 0.25) is 0 Å². The van der Waals surface area contributed by atoms with Crippen molar-refractivity contribution in [1.82, 2.24) is 24.5 Å². The maximum absolute atomic E-state index is 10.8. The van der Waals surface area contributed by atoms with Crippen molar-refractivity contribution in [1.29, 1.82) is 0 Å². The molecule has 3 aromatic rings. The molecule has 1 unspecified atom stereocenters. The summed E-state index contributed by atoms with van der Waals surface area (Å²) in [5.74, 6) is 1.90. The molecule has 0 amide bonds. The molecule has 0 aliphatic carbocycles. The zero-order valence-corrected chi connectivity index (χ0v) is 18.6. The molecular formula is C20H26N6O3S. The average molecular weight is 431 g/mol. The summed E-state index contributed by atoms with van der Waals surface area (Å²) >= 11 is 1.41. The van der Waals surface area contributed by atoms with Gasteiger partial charge in [-0.05, 0) is 37.0 Å². The Hall–Kier alpha value is -2.88. The van der Waals surface area contributed by atoms with Crippen LogP contribution in [0.3, 0.4) is 0 Å². The number of hydrogen-bond acceptors (Lipinski definition) is 7. The number of hydrogen-bond donors (Lipinski definition) is 0. The summed E-state index contributed by atoms with van der Waals surface area (Å²) in [5.41, 5.74) is 1.30. The van der Waals surface area contributed by atoms with E-state index >= 15 is 0 Å². The molecule has 0 radical (unpaired) electrons. The first kappa shape index (κ1) is 21.8. The number of thioether (sulfide) groups is 1. The minimum absolute atomic E-state index is 0.0345. The van der Waals surface area contributed by atoms with Crippen LogP contribution >= 0.6 is 11.8 Å². The Labute approximate surface area is 179 Å².